The number of amides is 2. The SMILES string of the molecule is CC[C@H]1Oc2ccc(C(=O)c3ccco3)cc2N(CC(=O)NC2CCCCC2)C1=O. The molecule has 1 aromatic heterocycles. The summed E-state index contributed by atoms with van der Waals surface area (Å²) in [5, 5.41) is 3.05. The van der Waals surface area contributed by atoms with Gasteiger partial charge in [0.15, 0.2) is 11.9 Å². The highest BCUT2D eigenvalue weighted by Gasteiger charge is 2.35. The molecule has 1 atom stereocenters. The van der Waals surface area contributed by atoms with Crippen LogP contribution >= 0.6 is 0 Å². The van der Waals surface area contributed by atoms with E-state index in [4.69, 9.17) is 9.15 Å². The van der Waals surface area contributed by atoms with Crippen LogP contribution in [0, 0.1) is 0 Å². The average molecular weight is 410 g/mol. The number of nitrogens with one attached hydrogen (secondary N) is 1. The highest BCUT2D eigenvalue weighted by atomic mass is 16.5. The van der Waals surface area contributed by atoms with Crippen molar-refractivity contribution in [3.05, 3.63) is 47.9 Å². The van der Waals surface area contributed by atoms with Crippen molar-refractivity contribution in [2.24, 2.45) is 0 Å². The Morgan fingerprint density at radius 3 is 2.67 bits per heavy atom. The fourth-order valence-corrected chi connectivity index (χ4v) is 4.10. The van der Waals surface area contributed by atoms with Crippen molar-refractivity contribution >= 4 is 23.3 Å². The lowest BCUT2D eigenvalue weighted by Crippen LogP contribution is -2.51. The van der Waals surface area contributed by atoms with Crippen molar-refractivity contribution in [2.75, 3.05) is 11.4 Å². The molecule has 2 heterocycles. The lowest BCUT2D eigenvalue weighted by molar-refractivity contribution is -0.129. The molecular formula is C23H26N2O5. The van der Waals surface area contributed by atoms with Gasteiger partial charge in [0, 0.05) is 11.6 Å². The van der Waals surface area contributed by atoms with Crippen LogP contribution in [0.1, 0.15) is 61.6 Å². The topological polar surface area (TPSA) is 88.8 Å². The van der Waals surface area contributed by atoms with Gasteiger partial charge in [-0.2, -0.15) is 0 Å². The predicted octanol–water partition coefficient (Wildman–Crippen LogP) is 3.46. The predicted molar refractivity (Wildman–Crippen MR) is 111 cm³/mol. The first-order valence-electron chi connectivity index (χ1n) is 10.6. The minimum Gasteiger partial charge on any atom is -0.478 e. The van der Waals surface area contributed by atoms with Crippen molar-refractivity contribution in [1.29, 1.82) is 0 Å². The molecule has 4 rings (SSSR count). The molecule has 30 heavy (non-hydrogen) atoms. The maximum atomic E-state index is 13.0. The molecular weight excluding hydrogens is 384 g/mol. The van der Waals surface area contributed by atoms with Gasteiger partial charge in [0.05, 0.1) is 12.0 Å². The molecule has 7 heteroatoms. The number of benzene rings is 1. The lowest BCUT2D eigenvalue weighted by Gasteiger charge is -2.34. The lowest BCUT2D eigenvalue weighted by atomic mass is 9.95. The zero-order valence-corrected chi connectivity index (χ0v) is 17.1. The van der Waals surface area contributed by atoms with Crippen LogP contribution in [0.2, 0.25) is 0 Å². The molecule has 1 aromatic carbocycles. The summed E-state index contributed by atoms with van der Waals surface area (Å²) in [5.41, 5.74) is 0.800. The minimum absolute atomic E-state index is 0.0966. The van der Waals surface area contributed by atoms with Gasteiger partial charge >= 0.3 is 0 Å². The molecule has 1 aliphatic heterocycles. The third-order valence-corrected chi connectivity index (χ3v) is 5.71. The van der Waals surface area contributed by atoms with Gasteiger partial charge in [0.2, 0.25) is 11.7 Å². The molecule has 1 aliphatic carbocycles. The first kappa shape index (κ1) is 20.2. The van der Waals surface area contributed by atoms with Crippen LogP contribution < -0.4 is 15.0 Å². The third-order valence-electron chi connectivity index (χ3n) is 5.71. The quantitative estimate of drug-likeness (QED) is 0.737. The Morgan fingerprint density at radius 2 is 1.97 bits per heavy atom. The number of furan rings is 1. The molecule has 0 bridgehead atoms. The van der Waals surface area contributed by atoms with Crippen LogP contribution in [0.3, 0.4) is 0 Å². The molecule has 1 fully saturated rings. The Bertz CT molecular complexity index is 931. The number of ether oxygens (including phenoxy) is 1. The van der Waals surface area contributed by atoms with E-state index < -0.39 is 6.10 Å². The van der Waals surface area contributed by atoms with E-state index in [-0.39, 0.29) is 35.9 Å². The third kappa shape index (κ3) is 4.10. The Kier molecular flexibility index (Phi) is 5.88. The number of carbonyl (C=O) groups excluding carboxylic acids is 3. The molecule has 2 aromatic rings. The Hall–Kier alpha value is -3.09. The van der Waals surface area contributed by atoms with Crippen molar-refractivity contribution in [2.45, 2.75) is 57.6 Å². The first-order valence-corrected chi connectivity index (χ1v) is 10.6. The van der Waals surface area contributed by atoms with Gasteiger partial charge < -0.3 is 14.5 Å². The Morgan fingerprint density at radius 1 is 1.17 bits per heavy atom. The molecule has 7 nitrogen and oxygen atoms in total. The highest BCUT2D eigenvalue weighted by Crippen LogP contribution is 2.36. The van der Waals surface area contributed by atoms with Crippen molar-refractivity contribution in [3.63, 3.8) is 0 Å². The Labute approximate surface area is 175 Å². The van der Waals surface area contributed by atoms with Crippen molar-refractivity contribution in [1.82, 2.24) is 5.32 Å². The van der Waals surface area contributed by atoms with Crippen LogP contribution in [0.4, 0.5) is 5.69 Å². The summed E-state index contributed by atoms with van der Waals surface area (Å²) in [6.07, 6.45) is 6.65. The van der Waals surface area contributed by atoms with Crippen LogP contribution in [0.15, 0.2) is 41.0 Å². The Balaban J connectivity index is 1.59. The number of hydrogen-bond donors (Lipinski definition) is 1. The maximum Gasteiger partial charge on any atom is 0.268 e. The molecule has 2 amide bonds. The second-order valence-corrected chi connectivity index (χ2v) is 7.83. The molecule has 1 N–H and O–H groups in total. The van der Waals surface area contributed by atoms with E-state index in [1.165, 1.54) is 17.6 Å². The van der Waals surface area contributed by atoms with Crippen LogP contribution in [-0.2, 0) is 9.59 Å². The van der Waals surface area contributed by atoms with Gasteiger partial charge in [-0.3, -0.25) is 19.3 Å². The largest absolute Gasteiger partial charge is 0.478 e. The van der Waals surface area contributed by atoms with E-state index in [2.05, 4.69) is 5.32 Å². The summed E-state index contributed by atoms with van der Waals surface area (Å²) < 4.78 is 11.0. The number of ketones is 1. The second-order valence-electron chi connectivity index (χ2n) is 7.83. The number of anilines is 1. The second kappa shape index (κ2) is 8.73. The fourth-order valence-electron chi connectivity index (χ4n) is 4.10. The number of hydrogen-bond acceptors (Lipinski definition) is 5. The number of carbonyl (C=O) groups is 3. The van der Waals surface area contributed by atoms with E-state index in [1.54, 1.807) is 30.3 Å². The van der Waals surface area contributed by atoms with Crippen LogP contribution in [-0.4, -0.2) is 36.3 Å². The highest BCUT2D eigenvalue weighted by molar-refractivity contribution is 6.10. The normalized spacial score (nSPS) is 19.2. The van der Waals surface area contributed by atoms with Gasteiger partial charge in [-0.1, -0.05) is 26.2 Å². The zero-order chi connectivity index (χ0) is 21.1. The van der Waals surface area contributed by atoms with Gasteiger partial charge in [-0.15, -0.1) is 0 Å². The van der Waals surface area contributed by atoms with Crippen molar-refractivity contribution < 1.29 is 23.5 Å². The average Bonchev–Trinajstić information content (AvgIpc) is 3.30. The molecule has 0 unspecified atom stereocenters. The standard InChI is InChI=1S/C23H26N2O5/c1-2-18-23(28)25(14-21(26)24-16-7-4-3-5-8-16)17-13-15(10-11-19(17)30-18)22(27)20-9-6-12-29-20/h6,9-13,16,18H,2-5,7-8,14H2,1H3,(H,24,26)/t18-/m1/s1. The number of fused-ring (bicyclic) bond motifs is 1. The van der Waals surface area contributed by atoms with E-state index >= 15 is 0 Å². The number of rotatable bonds is 6. The van der Waals surface area contributed by atoms with Crippen molar-refractivity contribution in [3.8, 4) is 5.75 Å². The summed E-state index contributed by atoms with van der Waals surface area (Å²) >= 11 is 0. The van der Waals surface area contributed by atoms with E-state index in [9.17, 15) is 14.4 Å². The van der Waals surface area contributed by atoms with Crippen LogP contribution in [0.5, 0.6) is 5.75 Å². The molecule has 2 aliphatic rings. The number of nitrogens with zero attached hydrogens (tertiary/aromatic N) is 1. The summed E-state index contributed by atoms with van der Waals surface area (Å²) in [4.78, 5) is 39.8. The van der Waals surface area contributed by atoms with Gasteiger partial charge in [-0.05, 0) is 49.6 Å². The van der Waals surface area contributed by atoms with E-state index in [1.807, 2.05) is 6.92 Å². The van der Waals surface area contributed by atoms with Gasteiger partial charge in [0.1, 0.15) is 12.3 Å². The molecule has 0 radical (unpaired) electrons. The smallest absolute Gasteiger partial charge is 0.268 e. The van der Waals surface area contributed by atoms with Gasteiger partial charge in [0.25, 0.3) is 5.91 Å². The molecule has 158 valence electrons. The maximum absolute atomic E-state index is 13.0. The van der Waals surface area contributed by atoms with E-state index in [0.29, 0.717) is 23.4 Å². The summed E-state index contributed by atoms with van der Waals surface area (Å²) in [6.45, 7) is 1.77. The molecule has 0 spiro atoms. The molecule has 0 saturated heterocycles. The monoisotopic (exact) mass is 410 g/mol. The van der Waals surface area contributed by atoms with Crippen LogP contribution in [0.25, 0.3) is 0 Å². The summed E-state index contributed by atoms with van der Waals surface area (Å²) in [5.74, 6) is -0.0551. The fraction of sp³-hybridized carbons (Fsp3) is 0.435. The first-order chi connectivity index (χ1) is 14.6. The van der Waals surface area contributed by atoms with Gasteiger partial charge in [-0.25, -0.2) is 0 Å². The summed E-state index contributed by atoms with van der Waals surface area (Å²) in [6, 6.07) is 8.31. The molecule has 1 saturated carbocycles. The van der Waals surface area contributed by atoms with E-state index in [0.717, 1.165) is 25.7 Å². The zero-order valence-electron chi connectivity index (χ0n) is 17.1. The summed E-state index contributed by atoms with van der Waals surface area (Å²) in [7, 11) is 0. The minimum atomic E-state index is -0.647.